The van der Waals surface area contributed by atoms with Crippen LogP contribution in [0.2, 0.25) is 0 Å². The monoisotopic (exact) mass is 311 g/mol. The maximum absolute atomic E-state index is 11.7. The molecule has 2 fully saturated rings. The van der Waals surface area contributed by atoms with E-state index in [-0.39, 0.29) is 11.8 Å². The molecule has 1 saturated carbocycles. The van der Waals surface area contributed by atoms with Crippen molar-refractivity contribution in [3.05, 3.63) is 17.0 Å². The predicted molar refractivity (Wildman–Crippen MR) is 83.0 cm³/mol. The van der Waals surface area contributed by atoms with Crippen LogP contribution < -0.4 is 5.32 Å². The second-order valence-electron chi connectivity index (χ2n) is 6.81. The van der Waals surface area contributed by atoms with Crippen LogP contribution in [0.15, 0.2) is 0 Å². The lowest BCUT2D eigenvalue weighted by atomic mass is 9.82. The second-order valence-corrected chi connectivity index (χ2v) is 9.03. The summed E-state index contributed by atoms with van der Waals surface area (Å²) in [6, 6.07) is 0.653. The zero-order valence-electron chi connectivity index (χ0n) is 13.1. The van der Waals surface area contributed by atoms with Gasteiger partial charge in [-0.15, -0.1) is 0 Å². The summed E-state index contributed by atoms with van der Waals surface area (Å²) >= 11 is 0. The van der Waals surface area contributed by atoms with Crippen molar-refractivity contribution in [1.29, 1.82) is 0 Å². The summed E-state index contributed by atoms with van der Waals surface area (Å²) in [6.45, 7) is 7.21. The van der Waals surface area contributed by atoms with Crippen molar-refractivity contribution in [2.24, 2.45) is 5.92 Å². The fourth-order valence-electron chi connectivity index (χ4n) is 3.59. The van der Waals surface area contributed by atoms with Gasteiger partial charge >= 0.3 is 0 Å². The molecule has 21 heavy (non-hydrogen) atoms. The highest BCUT2D eigenvalue weighted by Gasteiger charge is 2.31. The molecule has 1 aromatic heterocycles. The van der Waals surface area contributed by atoms with Gasteiger partial charge in [0.2, 0.25) is 0 Å². The molecule has 5 nitrogen and oxygen atoms in total. The molecular weight excluding hydrogens is 286 g/mol. The van der Waals surface area contributed by atoms with E-state index in [1.807, 2.05) is 11.6 Å². The van der Waals surface area contributed by atoms with Gasteiger partial charge in [0.15, 0.2) is 9.84 Å². The van der Waals surface area contributed by atoms with Crippen molar-refractivity contribution in [2.45, 2.75) is 58.7 Å². The number of nitrogens with zero attached hydrogens (tertiary/aromatic N) is 2. The van der Waals surface area contributed by atoms with E-state index in [1.165, 1.54) is 18.4 Å². The highest BCUT2D eigenvalue weighted by Crippen LogP contribution is 2.29. The van der Waals surface area contributed by atoms with Crippen molar-refractivity contribution < 1.29 is 8.42 Å². The van der Waals surface area contributed by atoms with Crippen LogP contribution >= 0.6 is 0 Å². The average molecular weight is 311 g/mol. The first kappa shape index (κ1) is 15.0. The van der Waals surface area contributed by atoms with Crippen LogP contribution in [0.4, 0.5) is 0 Å². The predicted octanol–water partition coefficient (Wildman–Crippen LogP) is 1.75. The topological polar surface area (TPSA) is 64.0 Å². The van der Waals surface area contributed by atoms with E-state index in [1.54, 1.807) is 0 Å². The normalized spacial score (nSPS) is 31.3. The zero-order chi connectivity index (χ0) is 15.2. The summed E-state index contributed by atoms with van der Waals surface area (Å²) in [5, 5.41) is 8.20. The lowest BCUT2D eigenvalue weighted by Gasteiger charge is -2.33. The molecule has 1 aliphatic heterocycles. The van der Waals surface area contributed by atoms with Gasteiger partial charge in [0.05, 0.1) is 23.2 Å². The third-order valence-corrected chi connectivity index (χ3v) is 6.72. The number of nitrogens with one attached hydrogen (secondary N) is 1. The number of hydrogen-bond donors (Lipinski definition) is 1. The molecule has 2 aliphatic rings. The number of aryl methyl sites for hydroxylation is 1. The Morgan fingerprint density at radius 3 is 2.62 bits per heavy atom. The molecule has 3 rings (SSSR count). The molecule has 1 aliphatic carbocycles. The van der Waals surface area contributed by atoms with E-state index in [0.717, 1.165) is 23.9 Å². The SMILES string of the molecule is Cc1nn(C2CCS(=O)(=O)C2)c(C)c1CNC1CC(C)C1. The minimum atomic E-state index is -2.87. The highest BCUT2D eigenvalue weighted by molar-refractivity contribution is 7.91. The molecule has 6 heteroatoms. The number of rotatable bonds is 4. The molecule has 0 bridgehead atoms. The average Bonchev–Trinajstić information content (AvgIpc) is 2.85. The van der Waals surface area contributed by atoms with Crippen molar-refractivity contribution in [1.82, 2.24) is 15.1 Å². The highest BCUT2D eigenvalue weighted by atomic mass is 32.2. The van der Waals surface area contributed by atoms with E-state index >= 15 is 0 Å². The molecule has 0 amide bonds. The van der Waals surface area contributed by atoms with Gasteiger partial charge in [0, 0.05) is 23.8 Å². The minimum absolute atomic E-state index is 0.0196. The van der Waals surface area contributed by atoms with Crippen molar-refractivity contribution in [2.75, 3.05) is 11.5 Å². The van der Waals surface area contributed by atoms with E-state index < -0.39 is 9.84 Å². The van der Waals surface area contributed by atoms with E-state index in [0.29, 0.717) is 18.2 Å². The lowest BCUT2D eigenvalue weighted by Crippen LogP contribution is -2.39. The second kappa shape index (κ2) is 5.39. The van der Waals surface area contributed by atoms with E-state index in [2.05, 4.69) is 24.3 Å². The van der Waals surface area contributed by atoms with Crippen LogP contribution in [-0.4, -0.2) is 35.7 Å². The number of aromatic nitrogens is 2. The molecule has 1 N–H and O–H groups in total. The van der Waals surface area contributed by atoms with Gasteiger partial charge < -0.3 is 5.32 Å². The van der Waals surface area contributed by atoms with Gasteiger partial charge in [-0.3, -0.25) is 4.68 Å². The Hall–Kier alpha value is -0.880. The largest absolute Gasteiger partial charge is 0.310 e. The van der Waals surface area contributed by atoms with Crippen molar-refractivity contribution in [3.8, 4) is 0 Å². The molecule has 0 spiro atoms. The molecule has 0 radical (unpaired) electrons. The Morgan fingerprint density at radius 1 is 1.33 bits per heavy atom. The maximum atomic E-state index is 11.7. The van der Waals surface area contributed by atoms with Gasteiger partial charge in [-0.05, 0) is 39.0 Å². The number of hydrogen-bond acceptors (Lipinski definition) is 4. The van der Waals surface area contributed by atoms with Gasteiger partial charge in [0.1, 0.15) is 0 Å². The van der Waals surface area contributed by atoms with Gasteiger partial charge in [-0.1, -0.05) is 6.92 Å². The van der Waals surface area contributed by atoms with Crippen LogP contribution in [0.25, 0.3) is 0 Å². The molecule has 118 valence electrons. The molecule has 1 atom stereocenters. The maximum Gasteiger partial charge on any atom is 0.152 e. The number of sulfone groups is 1. The van der Waals surface area contributed by atoms with Crippen LogP contribution in [0.3, 0.4) is 0 Å². The third kappa shape index (κ3) is 3.01. The fourth-order valence-corrected chi connectivity index (χ4v) is 5.28. The zero-order valence-corrected chi connectivity index (χ0v) is 13.9. The van der Waals surface area contributed by atoms with Crippen LogP contribution in [0, 0.1) is 19.8 Å². The Morgan fingerprint density at radius 2 is 2.05 bits per heavy atom. The Kier molecular flexibility index (Phi) is 3.86. The van der Waals surface area contributed by atoms with Crippen LogP contribution in [-0.2, 0) is 16.4 Å². The van der Waals surface area contributed by atoms with Gasteiger partial charge in [-0.25, -0.2) is 8.42 Å². The van der Waals surface area contributed by atoms with Crippen molar-refractivity contribution in [3.63, 3.8) is 0 Å². The smallest absolute Gasteiger partial charge is 0.152 e. The van der Waals surface area contributed by atoms with Crippen LogP contribution in [0.1, 0.15) is 49.2 Å². The molecule has 1 unspecified atom stereocenters. The first-order chi connectivity index (χ1) is 9.85. The molecule has 1 aromatic rings. The quantitative estimate of drug-likeness (QED) is 0.920. The lowest BCUT2D eigenvalue weighted by molar-refractivity contribution is 0.240. The Bertz CT molecular complexity index is 630. The van der Waals surface area contributed by atoms with Gasteiger partial charge in [0.25, 0.3) is 0 Å². The Balaban J connectivity index is 1.71. The van der Waals surface area contributed by atoms with Crippen molar-refractivity contribution >= 4 is 9.84 Å². The standard InChI is InChI=1S/C15H25N3O2S/c1-10-6-13(7-10)16-8-15-11(2)17-18(12(15)3)14-4-5-21(19,20)9-14/h10,13-14,16H,4-9H2,1-3H3. The first-order valence-corrected chi connectivity index (χ1v) is 9.66. The summed E-state index contributed by atoms with van der Waals surface area (Å²) in [4.78, 5) is 0. The summed E-state index contributed by atoms with van der Waals surface area (Å²) in [5.41, 5.74) is 3.38. The summed E-state index contributed by atoms with van der Waals surface area (Å²) in [7, 11) is -2.87. The van der Waals surface area contributed by atoms with E-state index in [4.69, 9.17) is 0 Å². The minimum Gasteiger partial charge on any atom is -0.310 e. The van der Waals surface area contributed by atoms with Gasteiger partial charge in [-0.2, -0.15) is 5.10 Å². The summed E-state index contributed by atoms with van der Waals surface area (Å²) in [6.07, 6.45) is 3.21. The third-order valence-electron chi connectivity index (χ3n) is 4.97. The summed E-state index contributed by atoms with van der Waals surface area (Å²) in [5.74, 6) is 1.38. The first-order valence-electron chi connectivity index (χ1n) is 7.84. The molecular formula is C15H25N3O2S. The fraction of sp³-hybridized carbons (Fsp3) is 0.800. The molecule has 0 aromatic carbocycles. The summed E-state index contributed by atoms with van der Waals surface area (Å²) < 4.78 is 25.3. The Labute approximate surface area is 127 Å². The van der Waals surface area contributed by atoms with E-state index in [9.17, 15) is 8.42 Å². The molecule has 1 saturated heterocycles. The van der Waals surface area contributed by atoms with Crippen LogP contribution in [0.5, 0.6) is 0 Å². The molecule has 2 heterocycles.